The molecule has 0 radical (unpaired) electrons. The number of phosphoric acid groups is 1. The predicted molar refractivity (Wildman–Crippen MR) is 255 cm³/mol. The second-order valence-corrected chi connectivity index (χ2v) is 20.5. The van der Waals surface area contributed by atoms with Gasteiger partial charge in [0, 0.05) is 19.8 Å². The Kier molecular flexibility index (Phi) is 33.1. The maximum absolute atomic E-state index is 13.5. The maximum atomic E-state index is 13.5. The van der Waals surface area contributed by atoms with Crippen molar-refractivity contribution in [2.24, 2.45) is 0 Å². The molecule has 1 amide bonds. The highest BCUT2D eigenvalue weighted by Gasteiger charge is 2.55. The molecule has 400 valence electrons. The van der Waals surface area contributed by atoms with Crippen molar-refractivity contribution < 1.29 is 82.5 Å². The molecule has 2 rings (SSSR count). The van der Waals surface area contributed by atoms with E-state index in [2.05, 4.69) is 19.2 Å². The molecule has 1 saturated heterocycles. The van der Waals surface area contributed by atoms with E-state index in [0.717, 1.165) is 58.3 Å². The van der Waals surface area contributed by atoms with E-state index < -0.39 is 112 Å². The number of hydrogen-bond acceptors (Lipinski definition) is 16. The van der Waals surface area contributed by atoms with Gasteiger partial charge in [-0.1, -0.05) is 168 Å². The van der Waals surface area contributed by atoms with Crippen LogP contribution in [0.2, 0.25) is 0 Å². The first-order valence-electron chi connectivity index (χ1n) is 26.2. The molecule has 2 fully saturated rings. The van der Waals surface area contributed by atoms with Crippen LogP contribution in [-0.2, 0) is 46.9 Å². The minimum absolute atomic E-state index is 0.0485. The van der Waals surface area contributed by atoms with E-state index in [1.165, 1.54) is 110 Å². The van der Waals surface area contributed by atoms with Gasteiger partial charge in [0.05, 0.1) is 12.7 Å². The molecule has 2 aliphatic rings. The summed E-state index contributed by atoms with van der Waals surface area (Å²) in [6.07, 6.45) is 9.82. The van der Waals surface area contributed by atoms with Crippen LogP contribution in [0.4, 0.5) is 0 Å². The summed E-state index contributed by atoms with van der Waals surface area (Å²) in [5.74, 6) is -1.85. The van der Waals surface area contributed by atoms with Gasteiger partial charge in [0.1, 0.15) is 61.5 Å². The van der Waals surface area contributed by atoms with Crippen LogP contribution in [0.25, 0.3) is 0 Å². The van der Waals surface area contributed by atoms with Crippen molar-refractivity contribution in [1.29, 1.82) is 0 Å². The Morgan fingerprint density at radius 3 is 1.41 bits per heavy atom. The molecule has 8 N–H and O–H groups in total. The molecule has 19 heteroatoms. The average molecular weight is 998 g/mol. The van der Waals surface area contributed by atoms with Gasteiger partial charge in [-0.05, 0) is 19.8 Å². The first kappa shape index (κ1) is 62.3. The lowest BCUT2D eigenvalue weighted by molar-refractivity contribution is -0.313. The van der Waals surface area contributed by atoms with E-state index in [1.807, 2.05) is 0 Å². The number of rotatable bonds is 39. The van der Waals surface area contributed by atoms with Gasteiger partial charge in [0.2, 0.25) is 5.91 Å². The quantitative estimate of drug-likeness (QED) is 0.0180. The van der Waals surface area contributed by atoms with E-state index in [4.69, 9.17) is 28.0 Å². The summed E-state index contributed by atoms with van der Waals surface area (Å²) in [4.78, 5) is 48.7. The molecule has 0 aromatic heterocycles. The third kappa shape index (κ3) is 25.5. The molecule has 0 spiro atoms. The summed E-state index contributed by atoms with van der Waals surface area (Å²) in [5, 5.41) is 66.5. The highest BCUT2D eigenvalue weighted by atomic mass is 31.2. The lowest BCUT2D eigenvalue weighted by Crippen LogP contribution is -2.68. The van der Waals surface area contributed by atoms with Crippen LogP contribution in [0.1, 0.15) is 207 Å². The Morgan fingerprint density at radius 1 is 0.559 bits per heavy atom. The lowest BCUT2D eigenvalue weighted by Gasteiger charge is -2.47. The van der Waals surface area contributed by atoms with Gasteiger partial charge < -0.3 is 59.8 Å². The van der Waals surface area contributed by atoms with Crippen molar-refractivity contribution in [3.05, 3.63) is 0 Å². The zero-order valence-corrected chi connectivity index (χ0v) is 42.7. The van der Waals surface area contributed by atoms with Crippen molar-refractivity contribution in [3.8, 4) is 0 Å². The maximum Gasteiger partial charge on any atom is 0.472 e. The van der Waals surface area contributed by atoms with Gasteiger partial charge in [0.25, 0.3) is 0 Å². The van der Waals surface area contributed by atoms with Crippen molar-refractivity contribution >= 4 is 25.7 Å². The van der Waals surface area contributed by atoms with E-state index >= 15 is 0 Å². The van der Waals surface area contributed by atoms with Crippen LogP contribution in [0, 0.1) is 0 Å². The number of esters is 2. The van der Waals surface area contributed by atoms with E-state index in [9.17, 15) is 54.5 Å². The van der Waals surface area contributed by atoms with Gasteiger partial charge in [-0.2, -0.15) is 0 Å². The van der Waals surface area contributed by atoms with Crippen molar-refractivity contribution in [3.63, 3.8) is 0 Å². The molecule has 1 saturated carbocycles. The fourth-order valence-corrected chi connectivity index (χ4v) is 9.67. The minimum atomic E-state index is -5.35. The van der Waals surface area contributed by atoms with Gasteiger partial charge in [-0.25, -0.2) is 4.57 Å². The summed E-state index contributed by atoms with van der Waals surface area (Å²) in [6.45, 7) is 5.61. The second kappa shape index (κ2) is 36.2. The molecule has 1 aliphatic carbocycles. The van der Waals surface area contributed by atoms with E-state index in [0.29, 0.717) is 12.8 Å². The van der Waals surface area contributed by atoms with Crippen LogP contribution in [0.3, 0.4) is 0 Å². The Hall–Kier alpha value is -1.80. The monoisotopic (exact) mass is 998 g/mol. The number of hydrogen-bond donors (Lipinski definition) is 8. The average Bonchev–Trinajstić information content (AvgIpc) is 3.30. The minimum Gasteiger partial charge on any atom is -0.462 e. The van der Waals surface area contributed by atoms with Crippen LogP contribution in [0.15, 0.2) is 0 Å². The summed E-state index contributed by atoms with van der Waals surface area (Å²) in [7, 11) is -5.35. The molecule has 0 aromatic rings. The second-order valence-electron chi connectivity index (χ2n) is 19.1. The third-order valence-corrected chi connectivity index (χ3v) is 13.9. The van der Waals surface area contributed by atoms with Gasteiger partial charge in [0.15, 0.2) is 12.4 Å². The lowest BCUT2D eigenvalue weighted by atomic mass is 9.84. The number of ether oxygens (including phenoxy) is 4. The van der Waals surface area contributed by atoms with E-state index in [-0.39, 0.29) is 12.8 Å². The van der Waals surface area contributed by atoms with Crippen molar-refractivity contribution in [2.45, 2.75) is 281 Å². The fourth-order valence-electron chi connectivity index (χ4n) is 8.70. The zero-order valence-electron chi connectivity index (χ0n) is 41.8. The number of unbranched alkanes of at least 4 members (excludes halogenated alkanes) is 24. The molecule has 0 bridgehead atoms. The van der Waals surface area contributed by atoms with Crippen molar-refractivity contribution in [2.75, 3.05) is 13.2 Å². The number of aliphatic hydroxyl groups is 6. The molecule has 0 aromatic carbocycles. The standard InChI is InChI=1S/C49H92NO17P/c1-5-7-9-11-13-15-17-19-21-23-25-27-29-31-38(52)62-33-37(65-39(53)32-30-28-26-24-22-20-18-16-14-12-10-8-6-2)34-63-68(60,61)67-48-46(59)44(57)43(56)45(58)47(48)66-49-40(50-36(4)51)42(55)41(54)35(3)64-49/h35,37,40-49,54-59H,5-34H2,1-4H3,(H,50,51)(H,60,61)/t35-,37-,40-,41-,42-,43-,44-,45+,46-,47-,48-,49-/m1/s1. The first-order valence-corrected chi connectivity index (χ1v) is 27.7. The van der Waals surface area contributed by atoms with Gasteiger partial charge in [-0.3, -0.25) is 23.4 Å². The summed E-state index contributed by atoms with van der Waals surface area (Å²) in [5.41, 5.74) is 0. The number of carbonyl (C=O) groups excluding carboxylic acids is 3. The predicted octanol–water partition coefficient (Wildman–Crippen LogP) is 6.72. The smallest absolute Gasteiger partial charge is 0.462 e. The Bertz CT molecular complexity index is 1400. The molecular formula is C49H92NO17P. The van der Waals surface area contributed by atoms with Gasteiger partial charge in [-0.15, -0.1) is 0 Å². The van der Waals surface area contributed by atoms with E-state index in [1.54, 1.807) is 0 Å². The number of amides is 1. The molecule has 1 unspecified atom stereocenters. The van der Waals surface area contributed by atoms with Crippen LogP contribution >= 0.6 is 7.82 Å². The molecule has 13 atom stereocenters. The number of aliphatic hydroxyl groups excluding tert-OH is 6. The highest BCUT2D eigenvalue weighted by Crippen LogP contribution is 2.48. The molecular weight excluding hydrogens is 906 g/mol. The number of carbonyl (C=O) groups is 3. The molecule has 1 heterocycles. The van der Waals surface area contributed by atoms with Crippen LogP contribution in [-0.4, -0.2) is 140 Å². The third-order valence-electron chi connectivity index (χ3n) is 12.9. The summed E-state index contributed by atoms with van der Waals surface area (Å²) in [6, 6.07) is -1.47. The molecule has 1 aliphatic heterocycles. The highest BCUT2D eigenvalue weighted by molar-refractivity contribution is 7.47. The Morgan fingerprint density at radius 2 is 0.971 bits per heavy atom. The first-order chi connectivity index (χ1) is 32.5. The zero-order chi connectivity index (χ0) is 50.3. The Balaban J connectivity index is 2.00. The fraction of sp³-hybridized carbons (Fsp3) is 0.939. The largest absolute Gasteiger partial charge is 0.472 e. The molecule has 18 nitrogen and oxygen atoms in total. The summed E-state index contributed by atoms with van der Waals surface area (Å²) >= 11 is 0. The summed E-state index contributed by atoms with van der Waals surface area (Å²) < 4.78 is 46.4. The number of nitrogens with one attached hydrogen (secondary N) is 1. The normalized spacial score (nSPS) is 27.6. The molecule has 68 heavy (non-hydrogen) atoms. The number of phosphoric ester groups is 1. The van der Waals surface area contributed by atoms with Crippen LogP contribution < -0.4 is 5.32 Å². The van der Waals surface area contributed by atoms with Crippen LogP contribution in [0.5, 0.6) is 0 Å². The topological polar surface area (TPSA) is 277 Å². The van der Waals surface area contributed by atoms with Gasteiger partial charge >= 0.3 is 19.8 Å². The Labute approximate surface area is 406 Å². The van der Waals surface area contributed by atoms with Crippen molar-refractivity contribution in [1.82, 2.24) is 5.32 Å². The SMILES string of the molecule is CCCCCCCCCCCCCCCC(=O)OC[C@H](COP(=O)(O)O[C@@H]1[C@H](O)[C@H](O)[C@@H](O)[C@H](O)[C@H]1O[C@H]1O[C@H](C)[C@@H](O)[C@H](O)[C@H]1NC(C)=O)OC(=O)CCCCCCCCCCCCCCC.